The fourth-order valence-corrected chi connectivity index (χ4v) is 3.98. The Hall–Kier alpha value is -1.44. The predicted molar refractivity (Wildman–Crippen MR) is 77.7 cm³/mol. The van der Waals surface area contributed by atoms with Crippen LogP contribution in [0.1, 0.15) is 35.3 Å². The number of carbonyl (C=O) groups is 1. The van der Waals surface area contributed by atoms with Gasteiger partial charge in [0.25, 0.3) is 0 Å². The van der Waals surface area contributed by atoms with E-state index in [9.17, 15) is 13.2 Å². The van der Waals surface area contributed by atoms with Crippen molar-refractivity contribution in [2.24, 2.45) is 5.92 Å². The van der Waals surface area contributed by atoms with Gasteiger partial charge in [-0.2, -0.15) is 0 Å². The molecule has 2 N–H and O–H groups in total. The van der Waals surface area contributed by atoms with Crippen LogP contribution in [0.25, 0.3) is 0 Å². The smallest absolute Gasteiger partial charge is 0.335 e. The molecule has 0 spiro atoms. The van der Waals surface area contributed by atoms with Crippen molar-refractivity contribution in [2.45, 2.75) is 19.4 Å². The first-order chi connectivity index (χ1) is 9.87. The van der Waals surface area contributed by atoms with Gasteiger partial charge < -0.3 is 9.84 Å². The van der Waals surface area contributed by atoms with Crippen LogP contribution in [0.4, 0.5) is 0 Å². The van der Waals surface area contributed by atoms with Gasteiger partial charge in [0.2, 0.25) is 10.0 Å². The maximum atomic E-state index is 12.1. The van der Waals surface area contributed by atoms with Crippen LogP contribution in [0, 0.1) is 5.92 Å². The highest BCUT2D eigenvalue weighted by Crippen LogP contribution is 2.18. The summed E-state index contributed by atoms with van der Waals surface area (Å²) in [5.74, 6) is -0.898. The van der Waals surface area contributed by atoms with Gasteiger partial charge in [-0.1, -0.05) is 12.1 Å². The molecule has 0 aromatic heterocycles. The molecule has 1 aliphatic heterocycles. The van der Waals surface area contributed by atoms with Crippen molar-refractivity contribution >= 4 is 16.0 Å². The minimum atomic E-state index is -3.39. The molecular weight excluding hydrogens is 294 g/mol. The van der Waals surface area contributed by atoms with Crippen molar-refractivity contribution < 1.29 is 23.1 Å². The summed E-state index contributed by atoms with van der Waals surface area (Å²) < 4.78 is 32.0. The van der Waals surface area contributed by atoms with E-state index >= 15 is 0 Å². The maximum absolute atomic E-state index is 12.1. The van der Waals surface area contributed by atoms with E-state index in [0.717, 1.165) is 12.0 Å². The van der Waals surface area contributed by atoms with Crippen molar-refractivity contribution in [3.05, 3.63) is 35.4 Å². The molecule has 6 nitrogen and oxygen atoms in total. The molecule has 0 amide bonds. The third kappa shape index (κ3) is 4.52. The highest BCUT2D eigenvalue weighted by molar-refractivity contribution is 7.89. The summed E-state index contributed by atoms with van der Waals surface area (Å²) >= 11 is 0. The molecule has 7 heteroatoms. The number of sulfonamides is 1. The summed E-state index contributed by atoms with van der Waals surface area (Å²) in [6.45, 7) is 2.84. The van der Waals surface area contributed by atoms with Crippen LogP contribution >= 0.6 is 0 Å². The zero-order valence-electron chi connectivity index (χ0n) is 11.8. The number of nitrogens with one attached hydrogen (secondary N) is 1. The lowest BCUT2D eigenvalue weighted by molar-refractivity contribution is 0.0697. The largest absolute Gasteiger partial charge is 0.478 e. The molecule has 21 heavy (non-hydrogen) atoms. The normalized spacial score (nSPS) is 20.3. The monoisotopic (exact) mass is 313 g/mol. The highest BCUT2D eigenvalue weighted by atomic mass is 32.2. The number of benzene rings is 1. The number of rotatable bonds is 6. The highest BCUT2D eigenvalue weighted by Gasteiger charge is 2.24. The molecule has 0 saturated carbocycles. The van der Waals surface area contributed by atoms with Crippen molar-refractivity contribution in [3.8, 4) is 0 Å². The summed E-state index contributed by atoms with van der Waals surface area (Å²) in [6.07, 6.45) is 0.766. The van der Waals surface area contributed by atoms with Crippen LogP contribution < -0.4 is 4.72 Å². The molecule has 1 heterocycles. The molecule has 0 bridgehead atoms. The van der Waals surface area contributed by atoms with E-state index in [-0.39, 0.29) is 17.2 Å². The molecule has 1 fully saturated rings. The van der Waals surface area contributed by atoms with Crippen LogP contribution in [0.2, 0.25) is 0 Å². The molecular formula is C14H19NO5S. The van der Waals surface area contributed by atoms with Gasteiger partial charge in [0.1, 0.15) is 0 Å². The summed E-state index contributed by atoms with van der Waals surface area (Å²) in [6, 6.07) is 5.77. The van der Waals surface area contributed by atoms with E-state index in [0.29, 0.717) is 13.2 Å². The van der Waals surface area contributed by atoms with Crippen molar-refractivity contribution in [1.29, 1.82) is 0 Å². The van der Waals surface area contributed by atoms with Gasteiger partial charge in [-0.25, -0.2) is 17.9 Å². The van der Waals surface area contributed by atoms with Crippen LogP contribution in [-0.2, 0) is 14.8 Å². The third-order valence-corrected chi connectivity index (χ3v) is 5.12. The van der Waals surface area contributed by atoms with E-state index in [1.54, 1.807) is 19.1 Å². The average molecular weight is 313 g/mol. The van der Waals surface area contributed by atoms with E-state index in [2.05, 4.69) is 4.72 Å². The predicted octanol–water partition coefficient (Wildman–Crippen LogP) is 1.40. The van der Waals surface area contributed by atoms with E-state index in [4.69, 9.17) is 9.84 Å². The number of hydrogen-bond donors (Lipinski definition) is 2. The molecule has 2 atom stereocenters. The van der Waals surface area contributed by atoms with Crippen LogP contribution in [0.5, 0.6) is 0 Å². The number of carboxylic acid groups (broad SMARTS) is 1. The first kappa shape index (κ1) is 15.9. The van der Waals surface area contributed by atoms with Gasteiger partial charge >= 0.3 is 5.97 Å². The third-order valence-electron chi connectivity index (χ3n) is 3.49. The second-order valence-electron chi connectivity index (χ2n) is 5.28. The SMILES string of the molecule is C[C@H](NS(=O)(=O)CC1CCOC1)c1ccc(C(=O)O)cc1. The Bertz CT molecular complexity index is 590. The molecule has 1 unspecified atom stereocenters. The summed E-state index contributed by atoms with van der Waals surface area (Å²) in [5, 5.41) is 8.84. The topological polar surface area (TPSA) is 92.7 Å². The Balaban J connectivity index is 1.99. The number of ether oxygens (including phenoxy) is 1. The van der Waals surface area contributed by atoms with Gasteiger partial charge in [-0.15, -0.1) is 0 Å². The van der Waals surface area contributed by atoms with Crippen LogP contribution in [0.3, 0.4) is 0 Å². The Morgan fingerprint density at radius 2 is 2.10 bits per heavy atom. The van der Waals surface area contributed by atoms with Gasteiger partial charge in [0.15, 0.2) is 0 Å². The maximum Gasteiger partial charge on any atom is 0.335 e. The molecule has 116 valence electrons. The zero-order chi connectivity index (χ0) is 15.5. The van der Waals surface area contributed by atoms with Crippen molar-refractivity contribution in [3.63, 3.8) is 0 Å². The Kier molecular flexibility index (Phi) is 4.97. The van der Waals surface area contributed by atoms with Crippen LogP contribution in [-0.4, -0.2) is 38.5 Å². The zero-order valence-corrected chi connectivity index (χ0v) is 12.6. The minimum absolute atomic E-state index is 0.0455. The average Bonchev–Trinajstić information content (AvgIpc) is 2.90. The summed E-state index contributed by atoms with van der Waals surface area (Å²) in [5.41, 5.74) is 0.906. The van der Waals surface area contributed by atoms with Gasteiger partial charge in [0, 0.05) is 12.6 Å². The van der Waals surface area contributed by atoms with Crippen molar-refractivity contribution in [1.82, 2.24) is 4.72 Å². The summed E-state index contributed by atoms with van der Waals surface area (Å²) in [7, 11) is -3.39. The van der Waals surface area contributed by atoms with E-state index in [1.807, 2.05) is 0 Å². The quantitative estimate of drug-likeness (QED) is 0.828. The second kappa shape index (κ2) is 6.55. The Morgan fingerprint density at radius 3 is 2.62 bits per heavy atom. The number of carboxylic acids is 1. The molecule has 0 radical (unpaired) electrons. The first-order valence-corrected chi connectivity index (χ1v) is 8.43. The van der Waals surface area contributed by atoms with Gasteiger partial charge in [0.05, 0.1) is 17.9 Å². The molecule has 1 saturated heterocycles. The Labute approximate surface area is 124 Å². The minimum Gasteiger partial charge on any atom is -0.478 e. The molecule has 1 aromatic rings. The molecule has 1 aliphatic rings. The van der Waals surface area contributed by atoms with E-state index < -0.39 is 22.0 Å². The van der Waals surface area contributed by atoms with Crippen LogP contribution in [0.15, 0.2) is 24.3 Å². The first-order valence-electron chi connectivity index (χ1n) is 6.78. The van der Waals surface area contributed by atoms with Crippen molar-refractivity contribution in [2.75, 3.05) is 19.0 Å². The summed E-state index contributed by atoms with van der Waals surface area (Å²) in [4.78, 5) is 10.8. The fraction of sp³-hybridized carbons (Fsp3) is 0.500. The number of hydrogen-bond acceptors (Lipinski definition) is 4. The Morgan fingerprint density at radius 1 is 1.43 bits per heavy atom. The van der Waals surface area contributed by atoms with E-state index in [1.165, 1.54) is 12.1 Å². The standard InChI is InChI=1S/C14H19NO5S/c1-10(12-2-4-13(5-3-12)14(16)17)15-21(18,19)9-11-6-7-20-8-11/h2-5,10-11,15H,6-9H2,1H3,(H,16,17)/t10-,11?/m0/s1. The lowest BCUT2D eigenvalue weighted by atomic mass is 10.1. The second-order valence-corrected chi connectivity index (χ2v) is 7.08. The molecule has 0 aliphatic carbocycles. The molecule has 1 aromatic carbocycles. The molecule has 2 rings (SSSR count). The van der Waals surface area contributed by atoms with Gasteiger partial charge in [-0.05, 0) is 37.0 Å². The van der Waals surface area contributed by atoms with Gasteiger partial charge in [-0.3, -0.25) is 0 Å². The lowest BCUT2D eigenvalue weighted by Crippen LogP contribution is -2.32. The lowest BCUT2D eigenvalue weighted by Gasteiger charge is -2.16. The number of aromatic carboxylic acids is 1. The fourth-order valence-electron chi connectivity index (χ4n) is 2.32.